The molecule has 19 heavy (non-hydrogen) atoms. The lowest BCUT2D eigenvalue weighted by atomic mass is 9.85. The van der Waals surface area contributed by atoms with Crippen LogP contribution in [0.25, 0.3) is 0 Å². The average Bonchev–Trinajstić information content (AvgIpc) is 2.84. The monoisotopic (exact) mass is 269 g/mol. The fraction of sp³-hybridized carbons (Fsp3) is 0.929. The lowest BCUT2D eigenvalue weighted by molar-refractivity contribution is -0.124. The maximum Gasteiger partial charge on any atom is 0.234 e. The third-order valence-corrected chi connectivity index (χ3v) is 4.68. The Morgan fingerprint density at radius 1 is 1.53 bits per heavy atom. The van der Waals surface area contributed by atoms with E-state index in [1.54, 1.807) is 7.11 Å². The van der Waals surface area contributed by atoms with E-state index in [1.165, 1.54) is 0 Å². The Balaban J connectivity index is 1.87. The molecule has 5 heteroatoms. The molecule has 0 radical (unpaired) electrons. The van der Waals surface area contributed by atoms with Gasteiger partial charge in [0.1, 0.15) is 0 Å². The number of methoxy groups -OCH3 is 1. The van der Waals surface area contributed by atoms with Crippen molar-refractivity contribution in [3.05, 3.63) is 0 Å². The molecular formula is C14H27N3O2. The summed E-state index contributed by atoms with van der Waals surface area (Å²) < 4.78 is 5.04. The highest BCUT2D eigenvalue weighted by molar-refractivity contribution is 5.78. The van der Waals surface area contributed by atoms with E-state index < -0.39 is 0 Å². The summed E-state index contributed by atoms with van der Waals surface area (Å²) in [5, 5.41) is 6.45. The Bertz CT molecular complexity index is 333. The molecule has 0 aromatic heterocycles. The standard InChI is InChI=1S/C14H27N3O2/c1-10(9-19-4)16-13(18)8-17-7-11-5-15-6-12(11)14(17,2)3/h10-12,15H,5-9H2,1-4H3,(H,16,18). The van der Waals surface area contributed by atoms with Gasteiger partial charge in [-0.25, -0.2) is 0 Å². The predicted octanol–water partition coefficient (Wildman–Crippen LogP) is 0.0673. The molecule has 3 unspecified atom stereocenters. The van der Waals surface area contributed by atoms with Gasteiger partial charge in [0.2, 0.25) is 5.91 Å². The lowest BCUT2D eigenvalue weighted by Crippen LogP contribution is -2.50. The van der Waals surface area contributed by atoms with Crippen LogP contribution >= 0.6 is 0 Å². The summed E-state index contributed by atoms with van der Waals surface area (Å²) in [7, 11) is 1.65. The molecule has 1 amide bonds. The van der Waals surface area contributed by atoms with Crippen molar-refractivity contribution in [2.75, 3.05) is 39.9 Å². The first kappa shape index (κ1) is 14.8. The molecular weight excluding hydrogens is 242 g/mol. The summed E-state index contributed by atoms with van der Waals surface area (Å²) in [6.07, 6.45) is 0. The third kappa shape index (κ3) is 3.09. The van der Waals surface area contributed by atoms with Gasteiger partial charge >= 0.3 is 0 Å². The van der Waals surface area contributed by atoms with Gasteiger partial charge in [0.25, 0.3) is 0 Å². The normalized spacial score (nSPS) is 31.2. The minimum atomic E-state index is 0.0735. The SMILES string of the molecule is COCC(C)NC(=O)CN1CC2CNCC2C1(C)C. The van der Waals surface area contributed by atoms with E-state index in [9.17, 15) is 4.79 Å². The van der Waals surface area contributed by atoms with E-state index in [0.717, 1.165) is 19.6 Å². The van der Waals surface area contributed by atoms with E-state index in [1.807, 2.05) is 6.92 Å². The number of amides is 1. The fourth-order valence-corrected chi connectivity index (χ4v) is 3.56. The Labute approximate surface area is 116 Å². The summed E-state index contributed by atoms with van der Waals surface area (Å²) in [5.41, 5.74) is 0.107. The van der Waals surface area contributed by atoms with Crippen molar-refractivity contribution in [1.29, 1.82) is 0 Å². The number of ether oxygens (including phenoxy) is 1. The zero-order valence-corrected chi connectivity index (χ0v) is 12.5. The third-order valence-electron chi connectivity index (χ3n) is 4.68. The van der Waals surface area contributed by atoms with Crippen LogP contribution in [0.4, 0.5) is 0 Å². The summed E-state index contributed by atoms with van der Waals surface area (Å²) >= 11 is 0. The number of rotatable bonds is 5. The number of nitrogens with one attached hydrogen (secondary N) is 2. The van der Waals surface area contributed by atoms with Gasteiger partial charge in [-0.15, -0.1) is 0 Å². The van der Waals surface area contributed by atoms with Crippen LogP contribution in [0.2, 0.25) is 0 Å². The van der Waals surface area contributed by atoms with Crippen LogP contribution in [0.3, 0.4) is 0 Å². The largest absolute Gasteiger partial charge is 0.383 e. The second-order valence-corrected chi connectivity index (χ2v) is 6.48. The van der Waals surface area contributed by atoms with E-state index in [-0.39, 0.29) is 17.5 Å². The number of hydrogen-bond donors (Lipinski definition) is 2. The van der Waals surface area contributed by atoms with Gasteiger partial charge in [-0.05, 0) is 39.2 Å². The van der Waals surface area contributed by atoms with Crippen LogP contribution in [0.1, 0.15) is 20.8 Å². The van der Waals surface area contributed by atoms with Crippen LogP contribution in [-0.4, -0.2) is 62.3 Å². The Morgan fingerprint density at radius 2 is 2.26 bits per heavy atom. The summed E-state index contributed by atoms with van der Waals surface area (Å²) in [4.78, 5) is 14.4. The first-order valence-electron chi connectivity index (χ1n) is 7.19. The van der Waals surface area contributed by atoms with Crippen molar-refractivity contribution in [3.63, 3.8) is 0 Å². The van der Waals surface area contributed by atoms with Gasteiger partial charge in [-0.3, -0.25) is 9.69 Å². The second-order valence-electron chi connectivity index (χ2n) is 6.48. The van der Waals surface area contributed by atoms with Crippen molar-refractivity contribution in [1.82, 2.24) is 15.5 Å². The quantitative estimate of drug-likeness (QED) is 0.741. The zero-order chi connectivity index (χ0) is 14.0. The minimum Gasteiger partial charge on any atom is -0.383 e. The molecule has 2 N–H and O–H groups in total. The molecule has 0 saturated carbocycles. The lowest BCUT2D eigenvalue weighted by Gasteiger charge is -2.35. The number of nitrogens with zero attached hydrogens (tertiary/aromatic N) is 1. The van der Waals surface area contributed by atoms with E-state index in [0.29, 0.717) is 25.0 Å². The molecule has 110 valence electrons. The molecule has 2 heterocycles. The Morgan fingerprint density at radius 3 is 2.89 bits per heavy atom. The van der Waals surface area contributed by atoms with Gasteiger partial charge in [-0.1, -0.05) is 0 Å². The van der Waals surface area contributed by atoms with Crippen LogP contribution in [0.5, 0.6) is 0 Å². The smallest absolute Gasteiger partial charge is 0.234 e. The molecule has 2 fully saturated rings. The molecule has 2 saturated heterocycles. The van der Waals surface area contributed by atoms with E-state index in [4.69, 9.17) is 4.74 Å². The average molecular weight is 269 g/mol. The molecule has 5 nitrogen and oxygen atoms in total. The molecule has 0 bridgehead atoms. The molecule has 0 aliphatic carbocycles. The van der Waals surface area contributed by atoms with E-state index in [2.05, 4.69) is 29.4 Å². The highest BCUT2D eigenvalue weighted by Gasteiger charge is 2.49. The van der Waals surface area contributed by atoms with Crippen LogP contribution in [0, 0.1) is 11.8 Å². The van der Waals surface area contributed by atoms with Gasteiger partial charge in [0.05, 0.1) is 13.2 Å². The van der Waals surface area contributed by atoms with Crippen molar-refractivity contribution < 1.29 is 9.53 Å². The van der Waals surface area contributed by atoms with Crippen molar-refractivity contribution in [3.8, 4) is 0 Å². The van der Waals surface area contributed by atoms with Crippen molar-refractivity contribution in [2.45, 2.75) is 32.4 Å². The number of carbonyl (C=O) groups is 1. The number of fused-ring (bicyclic) bond motifs is 1. The molecule has 0 aromatic carbocycles. The van der Waals surface area contributed by atoms with Gasteiger partial charge in [-0.2, -0.15) is 0 Å². The van der Waals surface area contributed by atoms with Gasteiger partial charge in [0.15, 0.2) is 0 Å². The summed E-state index contributed by atoms with van der Waals surface area (Å²) in [6.45, 7) is 10.7. The predicted molar refractivity (Wildman–Crippen MR) is 75.0 cm³/mol. The summed E-state index contributed by atoms with van der Waals surface area (Å²) in [6, 6.07) is 0.0735. The topological polar surface area (TPSA) is 53.6 Å². The highest BCUT2D eigenvalue weighted by atomic mass is 16.5. The fourth-order valence-electron chi connectivity index (χ4n) is 3.56. The Hall–Kier alpha value is -0.650. The zero-order valence-electron chi connectivity index (χ0n) is 12.5. The van der Waals surface area contributed by atoms with Crippen LogP contribution in [-0.2, 0) is 9.53 Å². The molecule has 0 aromatic rings. The van der Waals surface area contributed by atoms with Crippen LogP contribution in [0.15, 0.2) is 0 Å². The van der Waals surface area contributed by atoms with Crippen LogP contribution < -0.4 is 10.6 Å². The first-order valence-corrected chi connectivity index (χ1v) is 7.19. The van der Waals surface area contributed by atoms with Crippen molar-refractivity contribution in [2.24, 2.45) is 11.8 Å². The highest BCUT2D eigenvalue weighted by Crippen LogP contribution is 2.40. The Kier molecular flexibility index (Phi) is 4.48. The molecule has 2 aliphatic heterocycles. The summed E-state index contributed by atoms with van der Waals surface area (Å²) in [5.74, 6) is 1.46. The van der Waals surface area contributed by atoms with Crippen molar-refractivity contribution >= 4 is 5.91 Å². The molecule has 3 atom stereocenters. The number of carbonyl (C=O) groups excluding carboxylic acids is 1. The van der Waals surface area contributed by atoms with Gasteiger partial charge < -0.3 is 15.4 Å². The number of hydrogen-bond acceptors (Lipinski definition) is 4. The van der Waals surface area contributed by atoms with Gasteiger partial charge in [0, 0.05) is 31.8 Å². The second kappa shape index (κ2) is 5.77. The van der Waals surface area contributed by atoms with E-state index >= 15 is 0 Å². The maximum atomic E-state index is 12.1. The first-order chi connectivity index (χ1) is 8.95. The molecule has 2 rings (SSSR count). The molecule has 0 spiro atoms. The molecule has 2 aliphatic rings. The number of likely N-dealkylation sites (tertiary alicyclic amines) is 1. The maximum absolute atomic E-state index is 12.1. The minimum absolute atomic E-state index is 0.0735.